The van der Waals surface area contributed by atoms with Gasteiger partial charge in [0.15, 0.2) is 5.78 Å². The van der Waals surface area contributed by atoms with E-state index in [2.05, 4.69) is 5.32 Å². The molecule has 1 aromatic carbocycles. The molecule has 3 heteroatoms. The van der Waals surface area contributed by atoms with E-state index in [1.807, 2.05) is 25.1 Å². The van der Waals surface area contributed by atoms with Crippen LogP contribution in [-0.4, -0.2) is 18.9 Å². The topological polar surface area (TPSA) is 42.2 Å². The SMILES string of the molecule is CCC(NC)C(=O)c1ccc2ccoc2c1. The Labute approximate surface area is 94.4 Å². The third-order valence-corrected chi connectivity index (χ3v) is 2.81. The first-order chi connectivity index (χ1) is 7.76. The third kappa shape index (κ3) is 1.86. The number of furan rings is 1. The molecule has 0 saturated carbocycles. The number of rotatable bonds is 4. The summed E-state index contributed by atoms with van der Waals surface area (Å²) in [5, 5.41) is 4.03. The molecule has 1 aromatic heterocycles. The second-order valence-corrected chi connectivity index (χ2v) is 3.79. The monoisotopic (exact) mass is 217 g/mol. The molecule has 1 heterocycles. The average Bonchev–Trinajstić information content (AvgIpc) is 2.77. The number of benzene rings is 1. The van der Waals surface area contributed by atoms with Crippen molar-refractivity contribution >= 4 is 16.8 Å². The largest absolute Gasteiger partial charge is 0.464 e. The van der Waals surface area contributed by atoms with Crippen LogP contribution in [-0.2, 0) is 0 Å². The maximum absolute atomic E-state index is 12.1. The van der Waals surface area contributed by atoms with E-state index in [0.717, 1.165) is 17.4 Å². The van der Waals surface area contributed by atoms with Crippen LogP contribution in [0.3, 0.4) is 0 Å². The summed E-state index contributed by atoms with van der Waals surface area (Å²) in [4.78, 5) is 12.1. The van der Waals surface area contributed by atoms with Crippen molar-refractivity contribution in [3.8, 4) is 0 Å². The highest BCUT2D eigenvalue weighted by molar-refractivity contribution is 6.02. The number of Topliss-reactive ketones (excluding diaryl/α,β-unsaturated/α-hetero) is 1. The van der Waals surface area contributed by atoms with Crippen molar-refractivity contribution in [3.63, 3.8) is 0 Å². The van der Waals surface area contributed by atoms with Crippen LogP contribution in [0.2, 0.25) is 0 Å². The Hall–Kier alpha value is -1.61. The molecule has 2 rings (SSSR count). The van der Waals surface area contributed by atoms with Gasteiger partial charge in [0.25, 0.3) is 0 Å². The third-order valence-electron chi connectivity index (χ3n) is 2.81. The van der Waals surface area contributed by atoms with Crippen molar-refractivity contribution in [1.82, 2.24) is 5.32 Å². The molecule has 1 atom stereocenters. The zero-order valence-corrected chi connectivity index (χ0v) is 9.49. The number of hydrogen-bond acceptors (Lipinski definition) is 3. The molecule has 0 fully saturated rings. The van der Waals surface area contributed by atoms with E-state index in [9.17, 15) is 4.79 Å². The van der Waals surface area contributed by atoms with Crippen LogP contribution < -0.4 is 5.32 Å². The predicted molar refractivity (Wildman–Crippen MR) is 63.7 cm³/mol. The fourth-order valence-electron chi connectivity index (χ4n) is 1.83. The van der Waals surface area contributed by atoms with Gasteiger partial charge in [-0.15, -0.1) is 0 Å². The van der Waals surface area contributed by atoms with Gasteiger partial charge in [0.05, 0.1) is 12.3 Å². The molecule has 1 unspecified atom stereocenters. The number of hydrogen-bond donors (Lipinski definition) is 1. The molecule has 16 heavy (non-hydrogen) atoms. The van der Waals surface area contributed by atoms with Crippen molar-refractivity contribution in [2.45, 2.75) is 19.4 Å². The van der Waals surface area contributed by atoms with E-state index < -0.39 is 0 Å². The molecule has 2 aromatic rings. The highest BCUT2D eigenvalue weighted by Gasteiger charge is 2.16. The Morgan fingerprint density at radius 1 is 1.44 bits per heavy atom. The molecule has 0 aliphatic rings. The fourth-order valence-corrected chi connectivity index (χ4v) is 1.83. The number of nitrogens with one attached hydrogen (secondary N) is 1. The number of fused-ring (bicyclic) bond motifs is 1. The first-order valence-electron chi connectivity index (χ1n) is 5.45. The lowest BCUT2D eigenvalue weighted by Gasteiger charge is -2.12. The van der Waals surface area contributed by atoms with Gasteiger partial charge in [-0.3, -0.25) is 4.79 Å². The standard InChI is InChI=1S/C13H15NO2/c1-3-11(14-2)13(15)10-5-4-9-6-7-16-12(9)8-10/h4-8,11,14H,3H2,1-2H3. The summed E-state index contributed by atoms with van der Waals surface area (Å²) in [6.07, 6.45) is 2.42. The van der Waals surface area contributed by atoms with Crippen LogP contribution in [0.15, 0.2) is 34.9 Å². The van der Waals surface area contributed by atoms with Gasteiger partial charge in [-0.25, -0.2) is 0 Å². The molecule has 0 amide bonds. The first-order valence-corrected chi connectivity index (χ1v) is 5.45. The van der Waals surface area contributed by atoms with Gasteiger partial charge in [-0.1, -0.05) is 19.1 Å². The highest BCUT2D eigenvalue weighted by atomic mass is 16.3. The summed E-state index contributed by atoms with van der Waals surface area (Å²) in [7, 11) is 1.80. The van der Waals surface area contributed by atoms with Crippen molar-refractivity contribution < 1.29 is 9.21 Å². The summed E-state index contributed by atoms with van der Waals surface area (Å²) in [6, 6.07) is 7.33. The average molecular weight is 217 g/mol. The minimum Gasteiger partial charge on any atom is -0.464 e. The summed E-state index contributed by atoms with van der Waals surface area (Å²) in [5.41, 5.74) is 1.46. The summed E-state index contributed by atoms with van der Waals surface area (Å²) in [6.45, 7) is 1.99. The zero-order valence-electron chi connectivity index (χ0n) is 9.49. The maximum atomic E-state index is 12.1. The molecule has 0 radical (unpaired) electrons. The van der Waals surface area contributed by atoms with Gasteiger partial charge in [0.2, 0.25) is 0 Å². The number of likely N-dealkylation sites (N-methyl/N-ethyl adjacent to an activating group) is 1. The van der Waals surface area contributed by atoms with E-state index in [-0.39, 0.29) is 11.8 Å². The van der Waals surface area contributed by atoms with Gasteiger partial charge >= 0.3 is 0 Å². The Bertz CT molecular complexity index is 497. The lowest BCUT2D eigenvalue weighted by Crippen LogP contribution is -2.33. The summed E-state index contributed by atoms with van der Waals surface area (Å²) >= 11 is 0. The predicted octanol–water partition coefficient (Wildman–Crippen LogP) is 2.61. The summed E-state index contributed by atoms with van der Waals surface area (Å²) < 4.78 is 5.28. The normalized spacial score (nSPS) is 12.9. The maximum Gasteiger partial charge on any atom is 0.179 e. The molecule has 0 aliphatic carbocycles. The smallest absolute Gasteiger partial charge is 0.179 e. The molecule has 84 valence electrons. The van der Waals surface area contributed by atoms with E-state index in [1.165, 1.54) is 0 Å². The van der Waals surface area contributed by atoms with Crippen LogP contribution in [0.25, 0.3) is 11.0 Å². The van der Waals surface area contributed by atoms with Gasteiger partial charge < -0.3 is 9.73 Å². The number of carbonyl (C=O) groups is 1. The van der Waals surface area contributed by atoms with E-state index in [0.29, 0.717) is 5.56 Å². The highest BCUT2D eigenvalue weighted by Crippen LogP contribution is 2.18. The first kappa shape index (κ1) is 10.9. The second-order valence-electron chi connectivity index (χ2n) is 3.79. The van der Waals surface area contributed by atoms with Crippen molar-refractivity contribution in [2.24, 2.45) is 0 Å². The number of carbonyl (C=O) groups excluding carboxylic acids is 1. The Morgan fingerprint density at radius 3 is 2.94 bits per heavy atom. The van der Waals surface area contributed by atoms with Crippen molar-refractivity contribution in [1.29, 1.82) is 0 Å². The molecule has 0 spiro atoms. The van der Waals surface area contributed by atoms with Gasteiger partial charge in [-0.05, 0) is 25.6 Å². The van der Waals surface area contributed by atoms with E-state index in [4.69, 9.17) is 4.42 Å². The fraction of sp³-hybridized carbons (Fsp3) is 0.308. The van der Waals surface area contributed by atoms with Crippen molar-refractivity contribution in [3.05, 3.63) is 36.1 Å². The molecule has 0 saturated heterocycles. The molecule has 0 aliphatic heterocycles. The minimum absolute atomic E-state index is 0.114. The minimum atomic E-state index is -0.118. The lowest BCUT2D eigenvalue weighted by molar-refractivity contribution is 0.0945. The molecular weight excluding hydrogens is 202 g/mol. The van der Waals surface area contributed by atoms with Crippen LogP contribution in [0.5, 0.6) is 0 Å². The molecule has 3 nitrogen and oxygen atoms in total. The Kier molecular flexibility index (Phi) is 3.06. The molecule has 0 bridgehead atoms. The van der Waals surface area contributed by atoms with Crippen LogP contribution >= 0.6 is 0 Å². The van der Waals surface area contributed by atoms with E-state index in [1.54, 1.807) is 19.4 Å². The van der Waals surface area contributed by atoms with E-state index >= 15 is 0 Å². The van der Waals surface area contributed by atoms with Gasteiger partial charge in [0.1, 0.15) is 5.58 Å². The van der Waals surface area contributed by atoms with Gasteiger partial charge in [0, 0.05) is 10.9 Å². The zero-order chi connectivity index (χ0) is 11.5. The van der Waals surface area contributed by atoms with Crippen LogP contribution in [0.1, 0.15) is 23.7 Å². The van der Waals surface area contributed by atoms with Crippen molar-refractivity contribution in [2.75, 3.05) is 7.05 Å². The van der Waals surface area contributed by atoms with Crippen LogP contribution in [0.4, 0.5) is 0 Å². The quantitative estimate of drug-likeness (QED) is 0.800. The Balaban J connectivity index is 2.35. The molecular formula is C13H15NO2. The van der Waals surface area contributed by atoms with Gasteiger partial charge in [-0.2, -0.15) is 0 Å². The lowest BCUT2D eigenvalue weighted by atomic mass is 10.0. The second kappa shape index (κ2) is 4.49. The summed E-state index contributed by atoms with van der Waals surface area (Å²) in [5.74, 6) is 0.114. The van der Waals surface area contributed by atoms with Crippen LogP contribution in [0, 0.1) is 0 Å². The number of ketones is 1. The Morgan fingerprint density at radius 2 is 2.25 bits per heavy atom. The molecule has 1 N–H and O–H groups in total.